The summed E-state index contributed by atoms with van der Waals surface area (Å²) >= 11 is 5.75. The predicted octanol–water partition coefficient (Wildman–Crippen LogP) is 3.96. The van der Waals surface area contributed by atoms with E-state index in [2.05, 4.69) is 6.07 Å². The normalized spacial score (nSPS) is 10.2. The number of ether oxygens (including phenoxy) is 2. The van der Waals surface area contributed by atoms with Gasteiger partial charge in [-0.1, -0.05) is 17.7 Å². The Kier molecular flexibility index (Phi) is 3.72. The molecule has 0 saturated heterocycles. The fourth-order valence-electron chi connectivity index (χ4n) is 1.62. The van der Waals surface area contributed by atoms with Crippen molar-refractivity contribution in [3.05, 3.63) is 47.2 Å². The first-order chi connectivity index (χ1) is 8.65. The van der Waals surface area contributed by atoms with Crippen LogP contribution in [0.5, 0.6) is 11.5 Å². The molecule has 0 saturated carbocycles. The van der Waals surface area contributed by atoms with Gasteiger partial charge < -0.3 is 9.47 Å². The molecule has 0 aromatic heterocycles. The van der Waals surface area contributed by atoms with Gasteiger partial charge in [-0.05, 0) is 29.8 Å². The Hall–Kier alpha value is -1.74. The van der Waals surface area contributed by atoms with E-state index in [4.69, 9.17) is 21.1 Å². The van der Waals surface area contributed by atoms with E-state index in [0.717, 1.165) is 0 Å². The summed E-state index contributed by atoms with van der Waals surface area (Å²) in [4.78, 5) is 0. The summed E-state index contributed by atoms with van der Waals surface area (Å²) in [6.45, 7) is 0. The summed E-state index contributed by atoms with van der Waals surface area (Å²) < 4.78 is 24.2. The number of halogens is 2. The number of rotatable bonds is 3. The van der Waals surface area contributed by atoms with E-state index >= 15 is 0 Å². The van der Waals surface area contributed by atoms with Crippen LogP contribution >= 0.6 is 11.6 Å². The minimum absolute atomic E-state index is 0.0607. The molecule has 0 spiro atoms. The van der Waals surface area contributed by atoms with Gasteiger partial charge in [0, 0.05) is 11.6 Å². The second kappa shape index (κ2) is 5.27. The van der Waals surface area contributed by atoms with Crippen LogP contribution in [0.1, 0.15) is 0 Å². The summed E-state index contributed by atoms with van der Waals surface area (Å²) in [6, 6.07) is 11.0. The van der Waals surface area contributed by atoms with Gasteiger partial charge in [0.15, 0.2) is 0 Å². The Morgan fingerprint density at radius 3 is 2.28 bits per heavy atom. The first-order valence-corrected chi connectivity index (χ1v) is 5.62. The van der Waals surface area contributed by atoms with Crippen molar-refractivity contribution in [3.63, 3.8) is 0 Å². The summed E-state index contributed by atoms with van der Waals surface area (Å²) in [5, 5.41) is 0.0607. The van der Waals surface area contributed by atoms with Gasteiger partial charge in [-0.2, -0.15) is 0 Å². The van der Waals surface area contributed by atoms with Crippen molar-refractivity contribution in [1.82, 2.24) is 0 Å². The van der Waals surface area contributed by atoms with Crippen LogP contribution in [0.2, 0.25) is 5.02 Å². The molecule has 0 aliphatic carbocycles. The van der Waals surface area contributed by atoms with Crippen molar-refractivity contribution in [2.24, 2.45) is 0 Å². The Balaban J connectivity index is 2.59. The Morgan fingerprint density at radius 2 is 1.72 bits per heavy atom. The van der Waals surface area contributed by atoms with Gasteiger partial charge in [0.1, 0.15) is 17.3 Å². The molecule has 0 heterocycles. The number of hydrogen-bond donors (Lipinski definition) is 0. The monoisotopic (exact) mass is 265 g/mol. The summed E-state index contributed by atoms with van der Waals surface area (Å²) in [5.74, 6) is 0.656. The molecule has 0 atom stereocenters. The zero-order valence-electron chi connectivity index (χ0n) is 9.96. The fraction of sp³-hybridized carbons (Fsp3) is 0.143. The quantitative estimate of drug-likeness (QED) is 0.836. The third kappa shape index (κ3) is 2.41. The summed E-state index contributed by atoms with van der Waals surface area (Å²) in [7, 11) is 3.08. The standard InChI is InChI=1S/C14H11ClFO2/c1-17-10-6-9(7-11(8-10)18-2)12-4-3-5-13(15)14(12)16/h3,5-8H,1-2H3. The zero-order chi connectivity index (χ0) is 13.1. The first-order valence-electron chi connectivity index (χ1n) is 5.25. The van der Waals surface area contributed by atoms with Gasteiger partial charge in [-0.15, -0.1) is 0 Å². The van der Waals surface area contributed by atoms with Crippen molar-refractivity contribution >= 4 is 11.6 Å². The van der Waals surface area contributed by atoms with E-state index in [1.54, 1.807) is 24.3 Å². The molecule has 2 aromatic rings. The lowest BCUT2D eigenvalue weighted by atomic mass is 10.0. The lowest BCUT2D eigenvalue weighted by molar-refractivity contribution is 0.394. The summed E-state index contributed by atoms with van der Waals surface area (Å²) in [5.41, 5.74) is 0.894. The van der Waals surface area contributed by atoms with Crippen LogP contribution in [0.15, 0.2) is 30.3 Å². The van der Waals surface area contributed by atoms with Crippen LogP contribution in [-0.2, 0) is 0 Å². The smallest absolute Gasteiger partial charge is 0.150 e. The van der Waals surface area contributed by atoms with E-state index < -0.39 is 5.82 Å². The minimum Gasteiger partial charge on any atom is -0.497 e. The first kappa shape index (κ1) is 12.7. The summed E-state index contributed by atoms with van der Waals surface area (Å²) in [6.07, 6.45) is 0. The highest BCUT2D eigenvalue weighted by atomic mass is 35.5. The maximum Gasteiger partial charge on any atom is 0.150 e. The van der Waals surface area contributed by atoms with Gasteiger partial charge in [0.25, 0.3) is 0 Å². The van der Waals surface area contributed by atoms with Gasteiger partial charge in [-0.3, -0.25) is 0 Å². The molecule has 2 aromatic carbocycles. The lowest BCUT2D eigenvalue weighted by Gasteiger charge is -2.09. The van der Waals surface area contributed by atoms with Crippen LogP contribution in [0.25, 0.3) is 11.1 Å². The van der Waals surface area contributed by atoms with Crippen molar-refractivity contribution in [1.29, 1.82) is 0 Å². The highest BCUT2D eigenvalue weighted by Crippen LogP contribution is 2.32. The topological polar surface area (TPSA) is 18.5 Å². The van der Waals surface area contributed by atoms with Crippen molar-refractivity contribution < 1.29 is 13.9 Å². The molecule has 4 heteroatoms. The second-order valence-electron chi connectivity index (χ2n) is 3.62. The predicted molar refractivity (Wildman–Crippen MR) is 68.8 cm³/mol. The van der Waals surface area contributed by atoms with Crippen LogP contribution in [-0.4, -0.2) is 14.2 Å². The highest BCUT2D eigenvalue weighted by molar-refractivity contribution is 6.31. The largest absolute Gasteiger partial charge is 0.497 e. The second-order valence-corrected chi connectivity index (χ2v) is 4.02. The van der Waals surface area contributed by atoms with Gasteiger partial charge in [0.05, 0.1) is 19.2 Å². The maximum absolute atomic E-state index is 13.9. The van der Waals surface area contributed by atoms with E-state index in [9.17, 15) is 4.39 Å². The highest BCUT2D eigenvalue weighted by Gasteiger charge is 2.11. The molecule has 18 heavy (non-hydrogen) atoms. The van der Waals surface area contributed by atoms with Crippen molar-refractivity contribution in [2.75, 3.05) is 14.2 Å². The third-order valence-corrected chi connectivity index (χ3v) is 2.82. The van der Waals surface area contributed by atoms with Gasteiger partial charge in [0.2, 0.25) is 0 Å². The Labute approximate surface area is 110 Å². The third-order valence-electron chi connectivity index (χ3n) is 2.53. The molecule has 1 radical (unpaired) electrons. The molecular formula is C14H11ClFO2. The fourth-order valence-corrected chi connectivity index (χ4v) is 1.77. The molecule has 0 fully saturated rings. The number of hydrogen-bond acceptors (Lipinski definition) is 2. The molecule has 0 aliphatic rings. The number of benzene rings is 2. The lowest BCUT2D eigenvalue weighted by Crippen LogP contribution is -1.91. The van der Waals surface area contributed by atoms with Gasteiger partial charge in [-0.25, -0.2) is 4.39 Å². The van der Waals surface area contributed by atoms with Crippen LogP contribution in [0.4, 0.5) is 4.39 Å². The molecular weight excluding hydrogens is 255 g/mol. The number of methoxy groups -OCH3 is 2. The van der Waals surface area contributed by atoms with Gasteiger partial charge >= 0.3 is 0 Å². The SMILES string of the molecule is COc1cc(OC)cc(-c2[c]ccc(Cl)c2F)c1. The molecule has 2 rings (SSSR count). The van der Waals surface area contributed by atoms with Crippen LogP contribution in [0, 0.1) is 11.9 Å². The molecule has 0 aliphatic heterocycles. The van der Waals surface area contributed by atoms with Crippen LogP contribution < -0.4 is 9.47 Å². The molecule has 0 bridgehead atoms. The molecule has 0 unspecified atom stereocenters. The van der Waals surface area contributed by atoms with Crippen LogP contribution in [0.3, 0.4) is 0 Å². The molecule has 2 nitrogen and oxygen atoms in total. The average molecular weight is 266 g/mol. The Morgan fingerprint density at radius 1 is 1.11 bits per heavy atom. The van der Waals surface area contributed by atoms with E-state index in [-0.39, 0.29) is 5.02 Å². The van der Waals surface area contributed by atoms with E-state index in [0.29, 0.717) is 22.6 Å². The van der Waals surface area contributed by atoms with Crippen molar-refractivity contribution in [2.45, 2.75) is 0 Å². The van der Waals surface area contributed by atoms with Crippen molar-refractivity contribution in [3.8, 4) is 22.6 Å². The van der Waals surface area contributed by atoms with E-state index in [1.807, 2.05) is 0 Å². The maximum atomic E-state index is 13.9. The molecule has 93 valence electrons. The molecule has 0 N–H and O–H groups in total. The minimum atomic E-state index is -0.505. The van der Waals surface area contributed by atoms with E-state index in [1.165, 1.54) is 20.3 Å². The Bertz CT molecular complexity index is 547. The average Bonchev–Trinajstić information content (AvgIpc) is 2.41. The zero-order valence-corrected chi connectivity index (χ0v) is 10.7. The molecule has 0 amide bonds.